The van der Waals surface area contributed by atoms with Gasteiger partial charge >= 0.3 is 0 Å². The standard InChI is InChI=1S/C25H28N2O/c1-3-9-20(10-4-1)21-15-16-22(18-27-19-26-17-21)24-13-7-8-14-25(24)28-23-11-5-2-6-12-23/h2,5-8,11-14,17,20-22,27H,1,3,9,15-16,18-19H2/b26-17-. The minimum absolute atomic E-state index is 0.403. The maximum atomic E-state index is 6.23. The lowest BCUT2D eigenvalue weighted by molar-refractivity contribution is 0.411. The molecule has 0 aromatic heterocycles. The number of hydrogen-bond donors (Lipinski definition) is 1. The molecule has 2 aromatic rings. The zero-order valence-electron chi connectivity index (χ0n) is 16.3. The normalized spacial score (nSPS) is 26.1. The van der Waals surface area contributed by atoms with Gasteiger partial charge in [-0.3, -0.25) is 10.3 Å². The Kier molecular flexibility index (Phi) is 6.42. The van der Waals surface area contributed by atoms with E-state index in [9.17, 15) is 0 Å². The molecule has 4 rings (SSSR count). The van der Waals surface area contributed by atoms with Gasteiger partial charge in [0.25, 0.3) is 0 Å². The van der Waals surface area contributed by atoms with Gasteiger partial charge in [-0.1, -0.05) is 42.3 Å². The molecule has 0 bridgehead atoms. The molecule has 2 aliphatic rings. The summed E-state index contributed by atoms with van der Waals surface area (Å²) in [5, 5.41) is 3.50. The third-order valence-corrected chi connectivity index (χ3v) is 5.69. The van der Waals surface area contributed by atoms with E-state index in [1.807, 2.05) is 36.4 Å². The zero-order valence-corrected chi connectivity index (χ0v) is 16.3. The Labute approximate surface area is 168 Å². The molecule has 144 valence electrons. The van der Waals surface area contributed by atoms with Gasteiger partial charge in [-0.25, -0.2) is 0 Å². The van der Waals surface area contributed by atoms with Crippen LogP contribution in [0, 0.1) is 23.7 Å². The van der Waals surface area contributed by atoms with E-state index in [-0.39, 0.29) is 0 Å². The van der Waals surface area contributed by atoms with Gasteiger partial charge in [0.1, 0.15) is 11.5 Å². The fourth-order valence-corrected chi connectivity index (χ4v) is 4.17. The van der Waals surface area contributed by atoms with Gasteiger partial charge in [0.2, 0.25) is 0 Å². The highest BCUT2D eigenvalue weighted by atomic mass is 16.5. The molecule has 2 aromatic carbocycles. The number of para-hydroxylation sites is 2. The quantitative estimate of drug-likeness (QED) is 0.730. The van der Waals surface area contributed by atoms with Crippen molar-refractivity contribution < 1.29 is 4.74 Å². The van der Waals surface area contributed by atoms with Crippen molar-refractivity contribution >= 4 is 6.21 Å². The highest BCUT2D eigenvalue weighted by molar-refractivity contribution is 5.62. The molecule has 3 atom stereocenters. The lowest BCUT2D eigenvalue weighted by Gasteiger charge is -2.24. The monoisotopic (exact) mass is 372 g/mol. The SMILES string of the molecule is C1#CC(C2/C=N\CNCC(c3ccccc3Oc3ccccc3)CC2)CCC1. The smallest absolute Gasteiger partial charge is 0.130 e. The Hall–Kier alpha value is -2.57. The van der Waals surface area contributed by atoms with Crippen LogP contribution in [0.25, 0.3) is 0 Å². The van der Waals surface area contributed by atoms with Crippen LogP contribution in [-0.4, -0.2) is 19.4 Å². The predicted octanol–water partition coefficient (Wildman–Crippen LogP) is 5.39. The Morgan fingerprint density at radius 1 is 0.964 bits per heavy atom. The second kappa shape index (κ2) is 9.57. The Morgan fingerprint density at radius 2 is 1.82 bits per heavy atom. The number of aliphatic imine (C=N–C) groups is 1. The summed E-state index contributed by atoms with van der Waals surface area (Å²) < 4.78 is 6.23. The summed E-state index contributed by atoms with van der Waals surface area (Å²) in [7, 11) is 0. The fourth-order valence-electron chi connectivity index (χ4n) is 4.17. The summed E-state index contributed by atoms with van der Waals surface area (Å²) in [5.74, 6) is 9.94. The van der Waals surface area contributed by atoms with Crippen molar-refractivity contribution in [1.82, 2.24) is 5.32 Å². The number of ether oxygens (including phenoxy) is 1. The molecule has 28 heavy (non-hydrogen) atoms. The molecule has 1 aliphatic heterocycles. The molecule has 0 radical (unpaired) electrons. The molecule has 0 fully saturated rings. The predicted molar refractivity (Wildman–Crippen MR) is 115 cm³/mol. The van der Waals surface area contributed by atoms with E-state index in [0.717, 1.165) is 37.3 Å². The van der Waals surface area contributed by atoms with Gasteiger partial charge in [-0.05, 0) is 49.4 Å². The van der Waals surface area contributed by atoms with Crippen LogP contribution in [0.3, 0.4) is 0 Å². The van der Waals surface area contributed by atoms with Crippen molar-refractivity contribution in [2.24, 2.45) is 16.8 Å². The van der Waals surface area contributed by atoms with Crippen molar-refractivity contribution in [3.63, 3.8) is 0 Å². The van der Waals surface area contributed by atoms with E-state index in [1.165, 1.54) is 18.4 Å². The van der Waals surface area contributed by atoms with Gasteiger partial charge < -0.3 is 4.74 Å². The van der Waals surface area contributed by atoms with Crippen molar-refractivity contribution in [2.75, 3.05) is 13.2 Å². The van der Waals surface area contributed by atoms with E-state index in [0.29, 0.717) is 24.4 Å². The molecule has 0 saturated carbocycles. The summed E-state index contributed by atoms with van der Waals surface area (Å²) >= 11 is 0. The molecule has 3 heteroatoms. The first-order valence-corrected chi connectivity index (χ1v) is 10.4. The molecule has 1 aliphatic carbocycles. The van der Waals surface area contributed by atoms with Crippen LogP contribution in [0.2, 0.25) is 0 Å². The molecule has 3 unspecified atom stereocenters. The molecule has 3 nitrogen and oxygen atoms in total. The lowest BCUT2D eigenvalue weighted by Crippen LogP contribution is -2.22. The summed E-state index contributed by atoms with van der Waals surface area (Å²) in [6.07, 6.45) is 7.86. The van der Waals surface area contributed by atoms with Crippen LogP contribution in [0.1, 0.15) is 43.6 Å². The molecular weight excluding hydrogens is 344 g/mol. The highest BCUT2D eigenvalue weighted by Gasteiger charge is 2.24. The van der Waals surface area contributed by atoms with Crippen molar-refractivity contribution in [2.45, 2.75) is 38.0 Å². The van der Waals surface area contributed by atoms with Gasteiger partial charge in [0, 0.05) is 36.9 Å². The number of benzene rings is 2. The number of rotatable bonds is 4. The Morgan fingerprint density at radius 3 is 2.68 bits per heavy atom. The van der Waals surface area contributed by atoms with Crippen molar-refractivity contribution in [3.05, 3.63) is 60.2 Å². The topological polar surface area (TPSA) is 33.6 Å². The minimum atomic E-state index is 0.403. The number of nitrogens with zero attached hydrogens (tertiary/aromatic N) is 1. The second-order valence-electron chi connectivity index (χ2n) is 7.65. The summed E-state index contributed by atoms with van der Waals surface area (Å²) in [6, 6.07) is 18.5. The fraction of sp³-hybridized carbons (Fsp3) is 0.400. The summed E-state index contributed by atoms with van der Waals surface area (Å²) in [6.45, 7) is 1.59. The molecule has 1 heterocycles. The van der Waals surface area contributed by atoms with Gasteiger partial charge in [0.05, 0.1) is 6.67 Å². The van der Waals surface area contributed by atoms with Crippen LogP contribution in [-0.2, 0) is 0 Å². The van der Waals surface area contributed by atoms with E-state index in [4.69, 9.17) is 4.74 Å². The minimum Gasteiger partial charge on any atom is -0.457 e. The average molecular weight is 373 g/mol. The van der Waals surface area contributed by atoms with Crippen LogP contribution in [0.5, 0.6) is 11.5 Å². The van der Waals surface area contributed by atoms with Crippen molar-refractivity contribution in [1.29, 1.82) is 0 Å². The third kappa shape index (κ3) is 4.82. The van der Waals surface area contributed by atoms with Crippen molar-refractivity contribution in [3.8, 4) is 23.3 Å². The van der Waals surface area contributed by atoms with Crippen LogP contribution >= 0.6 is 0 Å². The molecular formula is C25H28N2O. The molecule has 1 N–H and O–H groups in total. The van der Waals surface area contributed by atoms with Gasteiger partial charge in [-0.2, -0.15) is 0 Å². The first-order valence-electron chi connectivity index (χ1n) is 10.4. The summed E-state index contributed by atoms with van der Waals surface area (Å²) in [5.41, 5.74) is 1.27. The van der Waals surface area contributed by atoms with Crippen LogP contribution in [0.4, 0.5) is 0 Å². The highest BCUT2D eigenvalue weighted by Crippen LogP contribution is 2.35. The summed E-state index contributed by atoms with van der Waals surface area (Å²) in [4.78, 5) is 4.63. The van der Waals surface area contributed by atoms with E-state index in [2.05, 4.69) is 46.6 Å². The average Bonchev–Trinajstić information content (AvgIpc) is 2.88. The van der Waals surface area contributed by atoms with E-state index in [1.54, 1.807) is 0 Å². The Bertz CT molecular complexity index is 850. The number of nitrogens with one attached hydrogen (secondary N) is 1. The van der Waals surface area contributed by atoms with Crippen LogP contribution in [0.15, 0.2) is 59.6 Å². The maximum absolute atomic E-state index is 6.23. The lowest BCUT2D eigenvalue weighted by atomic mass is 9.81. The van der Waals surface area contributed by atoms with Crippen LogP contribution < -0.4 is 10.1 Å². The largest absolute Gasteiger partial charge is 0.457 e. The van der Waals surface area contributed by atoms with Gasteiger partial charge in [0.15, 0.2) is 0 Å². The van der Waals surface area contributed by atoms with Gasteiger partial charge in [-0.15, -0.1) is 5.92 Å². The third-order valence-electron chi connectivity index (χ3n) is 5.69. The maximum Gasteiger partial charge on any atom is 0.130 e. The Balaban J connectivity index is 1.52. The van der Waals surface area contributed by atoms with E-state index < -0.39 is 0 Å². The second-order valence-corrected chi connectivity index (χ2v) is 7.65. The zero-order chi connectivity index (χ0) is 19.0. The first-order chi connectivity index (χ1) is 13.9. The molecule has 0 saturated heterocycles. The number of hydrogen-bond acceptors (Lipinski definition) is 3. The van der Waals surface area contributed by atoms with E-state index >= 15 is 0 Å². The first kappa shape index (κ1) is 18.8. The molecule has 0 spiro atoms. The molecule has 0 amide bonds.